The highest BCUT2D eigenvalue weighted by Crippen LogP contribution is 2.28. The van der Waals surface area contributed by atoms with Gasteiger partial charge in [-0.15, -0.1) is 0 Å². The molecule has 0 bridgehead atoms. The molecule has 3 rings (SSSR count). The maximum Gasteiger partial charge on any atom is 0.314 e. The van der Waals surface area contributed by atoms with Gasteiger partial charge < -0.3 is 21.7 Å². The first-order valence-electron chi connectivity index (χ1n) is 7.96. The zero-order chi connectivity index (χ0) is 17.3. The van der Waals surface area contributed by atoms with Crippen molar-refractivity contribution in [3.8, 4) is 0 Å². The molecule has 2 aromatic rings. The lowest BCUT2D eigenvalue weighted by molar-refractivity contribution is 0.100. The number of primary amides is 2. The minimum atomic E-state index is -0.536. The summed E-state index contributed by atoms with van der Waals surface area (Å²) in [5.41, 5.74) is 12.5. The Morgan fingerprint density at radius 2 is 2.00 bits per heavy atom. The predicted molar refractivity (Wildman–Crippen MR) is 89.5 cm³/mol. The van der Waals surface area contributed by atoms with E-state index >= 15 is 0 Å². The van der Waals surface area contributed by atoms with E-state index in [1.165, 1.54) is 6.20 Å². The molecule has 9 nitrogen and oxygen atoms in total. The van der Waals surface area contributed by atoms with E-state index in [4.69, 9.17) is 11.5 Å². The van der Waals surface area contributed by atoms with Crippen molar-refractivity contribution >= 4 is 28.7 Å². The van der Waals surface area contributed by atoms with E-state index in [9.17, 15) is 9.59 Å². The fraction of sp³-hybridized carbons (Fsp3) is 0.467. The maximum absolute atomic E-state index is 11.8. The Kier molecular flexibility index (Phi) is 4.24. The molecule has 0 spiro atoms. The van der Waals surface area contributed by atoms with Crippen LogP contribution in [0.15, 0.2) is 12.4 Å². The van der Waals surface area contributed by atoms with Crippen molar-refractivity contribution in [2.24, 2.45) is 11.5 Å². The predicted octanol–water partition coefficient (Wildman–Crippen LogP) is 0.505. The lowest BCUT2D eigenvalue weighted by Gasteiger charge is -2.32. The summed E-state index contributed by atoms with van der Waals surface area (Å²) in [6.45, 7) is 3.83. The standard InChI is InChI=1S/C15H21N7O2/c1-2-22-14-11(8-19-22)12(10(7-18-14)13(16)23)20-9-3-5-21(6-4-9)15(17)24/h7-9H,2-6H2,1H3,(H2,16,23)(H2,17,24)(H,18,20). The zero-order valence-corrected chi connectivity index (χ0v) is 13.5. The quantitative estimate of drug-likeness (QED) is 0.750. The summed E-state index contributed by atoms with van der Waals surface area (Å²) in [6.07, 6.45) is 4.66. The molecule has 1 aliphatic heterocycles. The molecule has 0 unspecified atom stereocenters. The second-order valence-electron chi connectivity index (χ2n) is 5.85. The second kappa shape index (κ2) is 6.34. The summed E-state index contributed by atoms with van der Waals surface area (Å²) in [5, 5.41) is 8.46. The van der Waals surface area contributed by atoms with Gasteiger partial charge in [-0.05, 0) is 19.8 Å². The number of carbonyl (C=O) groups excluding carboxylic acids is 2. The number of hydrogen-bond acceptors (Lipinski definition) is 5. The number of pyridine rings is 1. The number of amides is 3. The van der Waals surface area contributed by atoms with Crippen molar-refractivity contribution in [3.63, 3.8) is 0 Å². The smallest absolute Gasteiger partial charge is 0.314 e. The van der Waals surface area contributed by atoms with E-state index in [1.807, 2.05) is 6.92 Å². The molecule has 0 aliphatic carbocycles. The number of hydrogen-bond donors (Lipinski definition) is 3. The Morgan fingerprint density at radius 1 is 1.29 bits per heavy atom. The first kappa shape index (κ1) is 16.0. The van der Waals surface area contributed by atoms with E-state index < -0.39 is 11.9 Å². The number of fused-ring (bicyclic) bond motifs is 1. The molecule has 0 radical (unpaired) electrons. The van der Waals surface area contributed by atoms with E-state index in [2.05, 4.69) is 15.4 Å². The van der Waals surface area contributed by atoms with Gasteiger partial charge in [0.05, 0.1) is 22.8 Å². The van der Waals surface area contributed by atoms with E-state index in [0.717, 1.165) is 18.2 Å². The van der Waals surface area contributed by atoms with Crippen molar-refractivity contribution in [2.45, 2.75) is 32.4 Å². The van der Waals surface area contributed by atoms with Crippen LogP contribution in [0.5, 0.6) is 0 Å². The van der Waals surface area contributed by atoms with Gasteiger partial charge in [-0.2, -0.15) is 5.10 Å². The Morgan fingerprint density at radius 3 is 2.58 bits per heavy atom. The van der Waals surface area contributed by atoms with Crippen LogP contribution in [-0.4, -0.2) is 50.7 Å². The number of likely N-dealkylation sites (tertiary alicyclic amines) is 1. The monoisotopic (exact) mass is 331 g/mol. The van der Waals surface area contributed by atoms with E-state index in [-0.39, 0.29) is 6.04 Å². The van der Waals surface area contributed by atoms with Gasteiger partial charge in [0.15, 0.2) is 5.65 Å². The van der Waals surface area contributed by atoms with Crippen molar-refractivity contribution in [1.29, 1.82) is 0 Å². The van der Waals surface area contributed by atoms with Gasteiger partial charge in [0.25, 0.3) is 5.91 Å². The summed E-state index contributed by atoms with van der Waals surface area (Å²) in [5.74, 6) is -0.536. The third kappa shape index (κ3) is 2.84. The van der Waals surface area contributed by atoms with Crippen molar-refractivity contribution in [1.82, 2.24) is 19.7 Å². The SMILES string of the molecule is CCn1ncc2c(NC3CCN(C(N)=O)CC3)c(C(N)=O)cnc21. The molecular weight excluding hydrogens is 310 g/mol. The van der Waals surface area contributed by atoms with Gasteiger partial charge in [-0.3, -0.25) is 4.79 Å². The Balaban J connectivity index is 1.90. The highest BCUT2D eigenvalue weighted by molar-refractivity contribution is 6.05. The van der Waals surface area contributed by atoms with Crippen LogP contribution < -0.4 is 16.8 Å². The molecule has 0 atom stereocenters. The van der Waals surface area contributed by atoms with Gasteiger partial charge >= 0.3 is 6.03 Å². The van der Waals surface area contributed by atoms with Crippen molar-refractivity contribution < 1.29 is 9.59 Å². The fourth-order valence-corrected chi connectivity index (χ4v) is 3.05. The van der Waals surface area contributed by atoms with Crippen LogP contribution in [0.25, 0.3) is 11.0 Å². The average Bonchev–Trinajstić information content (AvgIpc) is 2.99. The van der Waals surface area contributed by atoms with Crippen LogP contribution in [-0.2, 0) is 6.54 Å². The second-order valence-corrected chi connectivity index (χ2v) is 5.85. The number of carbonyl (C=O) groups is 2. The lowest BCUT2D eigenvalue weighted by Crippen LogP contribution is -2.44. The number of anilines is 1. The third-order valence-corrected chi connectivity index (χ3v) is 4.39. The largest absolute Gasteiger partial charge is 0.381 e. The minimum absolute atomic E-state index is 0.120. The Bertz CT molecular complexity index is 777. The molecule has 9 heteroatoms. The zero-order valence-electron chi connectivity index (χ0n) is 13.5. The molecule has 128 valence electrons. The molecule has 3 amide bonds. The fourth-order valence-electron chi connectivity index (χ4n) is 3.05. The summed E-state index contributed by atoms with van der Waals surface area (Å²) >= 11 is 0. The topological polar surface area (TPSA) is 132 Å². The molecule has 0 aromatic carbocycles. The van der Waals surface area contributed by atoms with Crippen molar-refractivity contribution in [2.75, 3.05) is 18.4 Å². The number of aryl methyl sites for hydroxylation is 1. The van der Waals surface area contributed by atoms with Crippen LogP contribution in [0.4, 0.5) is 10.5 Å². The first-order valence-corrected chi connectivity index (χ1v) is 7.96. The molecule has 1 aliphatic rings. The van der Waals surface area contributed by atoms with Gasteiger partial charge in [0.1, 0.15) is 0 Å². The maximum atomic E-state index is 11.8. The van der Waals surface area contributed by atoms with E-state index in [1.54, 1.807) is 15.8 Å². The Hall–Kier alpha value is -2.84. The minimum Gasteiger partial charge on any atom is -0.381 e. The van der Waals surface area contributed by atoms with Crippen LogP contribution in [0, 0.1) is 0 Å². The van der Waals surface area contributed by atoms with E-state index in [0.29, 0.717) is 36.5 Å². The van der Waals surface area contributed by atoms with Crippen molar-refractivity contribution in [3.05, 3.63) is 18.0 Å². The van der Waals surface area contributed by atoms with Gasteiger partial charge in [-0.25, -0.2) is 14.5 Å². The van der Waals surface area contributed by atoms with Crippen LogP contribution >= 0.6 is 0 Å². The normalized spacial score (nSPS) is 15.6. The van der Waals surface area contributed by atoms with Crippen LogP contribution in [0.3, 0.4) is 0 Å². The summed E-state index contributed by atoms with van der Waals surface area (Å²) in [7, 11) is 0. The molecule has 1 fully saturated rings. The average molecular weight is 331 g/mol. The number of aromatic nitrogens is 3. The molecular formula is C15H21N7O2. The summed E-state index contributed by atoms with van der Waals surface area (Å²) in [4.78, 5) is 28.9. The van der Waals surface area contributed by atoms with Crippen LogP contribution in [0.1, 0.15) is 30.1 Å². The number of piperidine rings is 1. The van der Waals surface area contributed by atoms with Gasteiger partial charge in [0, 0.05) is 31.9 Å². The Labute approximate surface area is 139 Å². The van der Waals surface area contributed by atoms with Gasteiger partial charge in [0.2, 0.25) is 0 Å². The van der Waals surface area contributed by atoms with Crippen LogP contribution in [0.2, 0.25) is 0 Å². The molecule has 2 aromatic heterocycles. The number of nitrogens with one attached hydrogen (secondary N) is 1. The highest BCUT2D eigenvalue weighted by Gasteiger charge is 2.24. The molecule has 5 N–H and O–H groups in total. The van der Waals surface area contributed by atoms with Gasteiger partial charge in [-0.1, -0.05) is 0 Å². The molecule has 24 heavy (non-hydrogen) atoms. The molecule has 1 saturated heterocycles. The first-order chi connectivity index (χ1) is 11.5. The summed E-state index contributed by atoms with van der Waals surface area (Å²) in [6, 6.07) is -0.281. The number of nitrogens with zero attached hydrogens (tertiary/aromatic N) is 4. The molecule has 3 heterocycles. The number of rotatable bonds is 4. The highest BCUT2D eigenvalue weighted by atomic mass is 16.2. The lowest BCUT2D eigenvalue weighted by atomic mass is 10.0. The summed E-state index contributed by atoms with van der Waals surface area (Å²) < 4.78 is 1.76. The molecule has 0 saturated carbocycles. The third-order valence-electron chi connectivity index (χ3n) is 4.39. The number of urea groups is 1. The number of nitrogens with two attached hydrogens (primary N) is 2.